The number of allylic oxidation sites excluding steroid dienone is 2. The van der Waals surface area contributed by atoms with Gasteiger partial charge in [0.2, 0.25) is 5.78 Å². The van der Waals surface area contributed by atoms with Gasteiger partial charge in [0.15, 0.2) is 0 Å². The van der Waals surface area contributed by atoms with E-state index in [1.165, 1.54) is 10.6 Å². The van der Waals surface area contributed by atoms with Crippen molar-refractivity contribution in [2.75, 3.05) is 48.4 Å². The molecule has 3 aliphatic rings. The van der Waals surface area contributed by atoms with E-state index in [0.29, 0.717) is 37.2 Å². The molecule has 3 aromatic rings. The maximum atomic E-state index is 13.5. The van der Waals surface area contributed by atoms with E-state index in [0.717, 1.165) is 34.6 Å². The smallest absolute Gasteiger partial charge is 0.305 e. The Kier molecular flexibility index (Phi) is 11.4. The Hall–Kier alpha value is -5.29. The van der Waals surface area contributed by atoms with E-state index in [1.807, 2.05) is 78.6 Å². The molecule has 10 nitrogen and oxygen atoms in total. The zero-order valence-electron chi connectivity index (χ0n) is 32.1. The number of para-hydroxylation sites is 1. The van der Waals surface area contributed by atoms with Crippen molar-refractivity contribution in [2.24, 2.45) is 10.5 Å². The highest BCUT2D eigenvalue weighted by Crippen LogP contribution is 2.43. The molecule has 0 bridgehead atoms. The fraction of sp³-hybridized carbons (Fsp3) is 0.349. The summed E-state index contributed by atoms with van der Waals surface area (Å²) in [6.07, 6.45) is 5.32. The maximum absolute atomic E-state index is 13.5. The number of hydrogen-bond acceptors (Lipinski definition) is 10. The summed E-state index contributed by atoms with van der Waals surface area (Å²) in [4.78, 5) is 44.3. The second-order valence-corrected chi connectivity index (χ2v) is 16.0. The quantitative estimate of drug-likeness (QED) is 0.119. The number of aliphatic hydroxyl groups excluding tert-OH is 1. The molecule has 2 heterocycles. The van der Waals surface area contributed by atoms with Crippen molar-refractivity contribution < 1.29 is 24.2 Å². The maximum Gasteiger partial charge on any atom is 0.305 e. The average molecular weight is 748 g/mol. The first kappa shape index (κ1) is 38.4. The van der Waals surface area contributed by atoms with Gasteiger partial charge in [-0.2, -0.15) is 5.10 Å². The topological polar surface area (TPSA) is 124 Å². The Morgan fingerprint density at radius 2 is 1.69 bits per heavy atom. The molecule has 3 N–H and O–H groups in total. The summed E-state index contributed by atoms with van der Waals surface area (Å²) < 4.78 is 5.62. The molecule has 2 aliphatic heterocycles. The third-order valence-corrected chi connectivity index (χ3v) is 11.0. The lowest BCUT2D eigenvalue weighted by Gasteiger charge is -2.29. The number of aliphatic hydroxyl groups is 1. The van der Waals surface area contributed by atoms with Crippen molar-refractivity contribution in [3.63, 3.8) is 0 Å². The molecule has 0 radical (unpaired) electrons. The van der Waals surface area contributed by atoms with Gasteiger partial charge in [0.1, 0.15) is 12.4 Å². The van der Waals surface area contributed by atoms with Crippen LogP contribution in [-0.4, -0.2) is 67.1 Å². The van der Waals surface area contributed by atoms with Gasteiger partial charge >= 0.3 is 5.97 Å². The summed E-state index contributed by atoms with van der Waals surface area (Å²) in [5.41, 5.74) is 9.39. The number of anilines is 3. The number of carbonyl (C=O) groups is 3. The van der Waals surface area contributed by atoms with Gasteiger partial charge in [-0.1, -0.05) is 69.0 Å². The summed E-state index contributed by atoms with van der Waals surface area (Å²) in [7, 11) is 2.03. The predicted molar refractivity (Wildman–Crippen MR) is 219 cm³/mol. The summed E-state index contributed by atoms with van der Waals surface area (Å²) in [5.74, 6) is -1.27. The molecular formula is C43H49N5O5S. The number of ether oxygens (including phenoxy) is 1. The van der Waals surface area contributed by atoms with Crippen LogP contribution in [0.1, 0.15) is 62.8 Å². The minimum atomic E-state index is -0.493. The first-order chi connectivity index (χ1) is 25.8. The first-order valence-electron chi connectivity index (χ1n) is 18.4. The molecule has 282 valence electrons. The third kappa shape index (κ3) is 8.11. The monoisotopic (exact) mass is 747 g/mol. The van der Waals surface area contributed by atoms with Crippen molar-refractivity contribution in [3.8, 4) is 0 Å². The number of hydrogen-bond donors (Lipinski definition) is 3. The van der Waals surface area contributed by atoms with Gasteiger partial charge in [-0.3, -0.25) is 14.4 Å². The number of fused-ring (bicyclic) bond motifs is 1. The normalized spacial score (nSPS) is 18.0. The number of nitrogens with one attached hydrogen (secondary N) is 2. The largest absolute Gasteiger partial charge is 0.506 e. The third-order valence-electron chi connectivity index (χ3n) is 9.87. The van der Waals surface area contributed by atoms with Crippen molar-refractivity contribution in [3.05, 3.63) is 106 Å². The second-order valence-electron chi connectivity index (χ2n) is 14.9. The molecule has 0 aromatic heterocycles. The highest BCUT2D eigenvalue weighted by Gasteiger charge is 2.44. The Morgan fingerprint density at radius 1 is 0.981 bits per heavy atom. The minimum absolute atomic E-state index is 0.0151. The van der Waals surface area contributed by atoms with Crippen LogP contribution in [0.5, 0.6) is 0 Å². The van der Waals surface area contributed by atoms with Crippen LogP contribution in [-0.2, 0) is 19.1 Å². The van der Waals surface area contributed by atoms with Gasteiger partial charge in [0, 0.05) is 53.9 Å². The standard InChI is InChI=1S/C43H49N5O5S/c1-8-48(30-24-26(2)35(27(3)25-30)36-39(50)37(40(36)51)38-41(43(4,5)6)45-46-42(38)52)22-23-53-34(49)14-11-21-47(7)29-18-15-28(16-19-29)17-20-33-44-31-12-9-10-13-32(31)54-33/h9-10,12-13,15-20,24-25,33,44,50H,8,11,14,21-23H2,1-7H3,(H,46,52)/b20-17+,38-37?. The summed E-state index contributed by atoms with van der Waals surface area (Å²) in [6.45, 7) is 13.7. The van der Waals surface area contributed by atoms with E-state index in [4.69, 9.17) is 4.74 Å². The lowest BCUT2D eigenvalue weighted by molar-refractivity contribution is -0.143. The molecule has 0 saturated carbocycles. The zero-order chi connectivity index (χ0) is 38.7. The van der Waals surface area contributed by atoms with Crippen LogP contribution in [0.15, 0.2) is 93.6 Å². The van der Waals surface area contributed by atoms with E-state index in [2.05, 4.69) is 80.3 Å². The zero-order valence-corrected chi connectivity index (χ0v) is 32.9. The van der Waals surface area contributed by atoms with Crippen LogP contribution in [0, 0.1) is 19.3 Å². The average Bonchev–Trinajstić information content (AvgIpc) is 3.74. The number of benzene rings is 3. The van der Waals surface area contributed by atoms with Gasteiger partial charge in [0.25, 0.3) is 5.91 Å². The van der Waals surface area contributed by atoms with Crippen LogP contribution in [0.2, 0.25) is 0 Å². The molecule has 1 unspecified atom stereocenters. The van der Waals surface area contributed by atoms with Gasteiger partial charge < -0.3 is 25.0 Å². The lowest BCUT2D eigenvalue weighted by atomic mass is 9.74. The molecule has 54 heavy (non-hydrogen) atoms. The van der Waals surface area contributed by atoms with E-state index < -0.39 is 11.3 Å². The van der Waals surface area contributed by atoms with Crippen molar-refractivity contribution in [2.45, 2.75) is 64.7 Å². The second kappa shape index (κ2) is 16.0. The number of esters is 1. The highest BCUT2D eigenvalue weighted by atomic mass is 32.2. The molecular weight excluding hydrogens is 699 g/mol. The number of carbonyl (C=O) groups excluding carboxylic acids is 3. The number of Topliss-reactive ketones (excluding diaryl/α,β-unsaturated/α-hetero) is 1. The molecule has 1 aliphatic carbocycles. The van der Waals surface area contributed by atoms with Crippen LogP contribution in [0.25, 0.3) is 11.6 Å². The fourth-order valence-corrected chi connectivity index (χ4v) is 8.05. The van der Waals surface area contributed by atoms with E-state index in [1.54, 1.807) is 0 Å². The summed E-state index contributed by atoms with van der Waals surface area (Å²) in [5, 5.41) is 19.0. The Balaban J connectivity index is 0.974. The number of likely N-dealkylation sites (N-methyl/N-ethyl adjacent to an activating group) is 1. The summed E-state index contributed by atoms with van der Waals surface area (Å²) >= 11 is 1.81. The molecule has 0 spiro atoms. The Morgan fingerprint density at radius 3 is 2.33 bits per heavy atom. The molecule has 1 atom stereocenters. The van der Waals surface area contributed by atoms with Crippen LogP contribution in [0.4, 0.5) is 17.1 Å². The highest BCUT2D eigenvalue weighted by molar-refractivity contribution is 8.00. The van der Waals surface area contributed by atoms with Gasteiger partial charge in [-0.05, 0) is 85.8 Å². The van der Waals surface area contributed by atoms with Gasteiger partial charge in [-0.15, -0.1) is 0 Å². The minimum Gasteiger partial charge on any atom is -0.506 e. The molecule has 3 aromatic carbocycles. The van der Waals surface area contributed by atoms with Crippen molar-refractivity contribution >= 4 is 63.8 Å². The predicted octanol–water partition coefficient (Wildman–Crippen LogP) is 7.83. The van der Waals surface area contributed by atoms with E-state index in [9.17, 15) is 19.5 Å². The molecule has 6 rings (SSSR count). The number of hydrazone groups is 1. The lowest BCUT2D eigenvalue weighted by Crippen LogP contribution is -2.32. The number of ketones is 1. The van der Waals surface area contributed by atoms with Crippen LogP contribution < -0.4 is 20.5 Å². The number of thioether (sulfide) groups is 1. The first-order valence-corrected chi connectivity index (χ1v) is 19.3. The van der Waals surface area contributed by atoms with Crippen LogP contribution >= 0.6 is 11.8 Å². The number of rotatable bonds is 13. The molecule has 0 saturated heterocycles. The molecule has 1 amide bonds. The van der Waals surface area contributed by atoms with Crippen LogP contribution in [0.3, 0.4) is 0 Å². The number of nitrogens with zero attached hydrogens (tertiary/aromatic N) is 3. The van der Waals surface area contributed by atoms with Crippen molar-refractivity contribution in [1.29, 1.82) is 0 Å². The van der Waals surface area contributed by atoms with Crippen molar-refractivity contribution in [1.82, 2.24) is 5.43 Å². The fourth-order valence-electron chi connectivity index (χ4n) is 7.02. The van der Waals surface area contributed by atoms with E-state index >= 15 is 0 Å². The van der Waals surface area contributed by atoms with Gasteiger partial charge in [0.05, 0.1) is 34.3 Å². The molecule has 0 fully saturated rings. The Labute approximate surface area is 322 Å². The molecule has 11 heteroatoms. The van der Waals surface area contributed by atoms with Gasteiger partial charge in [-0.25, -0.2) is 5.43 Å². The van der Waals surface area contributed by atoms with E-state index in [-0.39, 0.29) is 46.2 Å². The number of amides is 1. The number of aryl methyl sites for hydroxylation is 2. The SMILES string of the molecule is CCN(CCOC(=O)CCCN(C)c1ccc(/C=C/C2Nc3ccccc3S2)cc1)c1cc(C)c(C2=C(O)C(=C3C(=O)NN=C3C(C)(C)C)C2=O)c(C)c1. The Bertz CT molecular complexity index is 2040. The summed E-state index contributed by atoms with van der Waals surface area (Å²) in [6, 6.07) is 20.7.